The maximum absolute atomic E-state index is 10.2. The second-order valence-electron chi connectivity index (χ2n) is 5.52. The highest BCUT2D eigenvalue weighted by molar-refractivity contribution is 5.34. The largest absolute Gasteiger partial charge is 0.397 e. The summed E-state index contributed by atoms with van der Waals surface area (Å²) in [5.41, 5.74) is 8.20. The van der Waals surface area contributed by atoms with Gasteiger partial charge in [0.15, 0.2) is 0 Å². The van der Waals surface area contributed by atoms with Crippen LogP contribution in [0.1, 0.15) is 50.9 Å². The number of nitrogen functional groups attached to an aromatic ring is 1. The highest BCUT2D eigenvalue weighted by Gasteiger charge is 2.06. The summed E-state index contributed by atoms with van der Waals surface area (Å²) >= 11 is 0. The molecule has 6 heteroatoms. The Kier molecular flexibility index (Phi) is 6.44. The van der Waals surface area contributed by atoms with Crippen molar-refractivity contribution in [2.75, 3.05) is 5.73 Å². The van der Waals surface area contributed by atoms with E-state index in [0.717, 1.165) is 17.1 Å². The molecule has 0 aliphatic carbocycles. The van der Waals surface area contributed by atoms with Gasteiger partial charge in [0.1, 0.15) is 6.20 Å². The number of nitro groups is 1. The standard InChI is InChI=1S/C8H10N2O2.C8H12N2/c1-6(2)8-4-3-7(5-9-8)10(11)12;1-6(2)8-4-3-7(9)5-10-8/h3-6H,1-2H3;3-6H,9H2,1-2H3. The van der Waals surface area contributed by atoms with Gasteiger partial charge in [-0.05, 0) is 30.0 Å². The Hall–Kier alpha value is -2.50. The fourth-order valence-corrected chi connectivity index (χ4v) is 1.61. The van der Waals surface area contributed by atoms with Gasteiger partial charge in [-0.2, -0.15) is 0 Å². The predicted octanol–water partition coefficient (Wildman–Crippen LogP) is 3.90. The van der Waals surface area contributed by atoms with E-state index in [9.17, 15) is 10.1 Å². The van der Waals surface area contributed by atoms with E-state index in [0.29, 0.717) is 11.8 Å². The van der Waals surface area contributed by atoms with Crippen LogP contribution in [0.2, 0.25) is 0 Å². The highest BCUT2D eigenvalue weighted by atomic mass is 16.6. The number of rotatable bonds is 3. The minimum Gasteiger partial charge on any atom is -0.397 e. The van der Waals surface area contributed by atoms with Crippen molar-refractivity contribution in [2.24, 2.45) is 0 Å². The van der Waals surface area contributed by atoms with Crippen LogP contribution in [0.5, 0.6) is 0 Å². The summed E-state index contributed by atoms with van der Waals surface area (Å²) in [7, 11) is 0. The molecule has 0 saturated heterocycles. The van der Waals surface area contributed by atoms with Gasteiger partial charge in [0.05, 0.1) is 16.8 Å². The van der Waals surface area contributed by atoms with E-state index < -0.39 is 4.92 Å². The zero-order valence-corrected chi connectivity index (χ0v) is 13.4. The molecule has 0 bridgehead atoms. The number of anilines is 1. The fraction of sp³-hybridized carbons (Fsp3) is 0.375. The van der Waals surface area contributed by atoms with Gasteiger partial charge in [0.25, 0.3) is 5.69 Å². The van der Waals surface area contributed by atoms with Crippen molar-refractivity contribution in [1.82, 2.24) is 9.97 Å². The molecule has 0 unspecified atom stereocenters. The van der Waals surface area contributed by atoms with Gasteiger partial charge < -0.3 is 5.73 Å². The maximum Gasteiger partial charge on any atom is 0.287 e. The van der Waals surface area contributed by atoms with Crippen molar-refractivity contribution in [3.63, 3.8) is 0 Å². The molecule has 2 aromatic rings. The SMILES string of the molecule is CC(C)c1ccc(N)cn1.CC(C)c1ccc([N+](=O)[O-])cn1. The molecule has 0 aromatic carbocycles. The third kappa shape index (κ3) is 5.47. The van der Waals surface area contributed by atoms with Gasteiger partial charge in [0.2, 0.25) is 0 Å². The first-order valence-electron chi connectivity index (χ1n) is 7.13. The zero-order chi connectivity index (χ0) is 16.7. The molecule has 0 aliphatic rings. The van der Waals surface area contributed by atoms with Crippen molar-refractivity contribution < 1.29 is 4.92 Å². The lowest BCUT2D eigenvalue weighted by atomic mass is 10.1. The lowest BCUT2D eigenvalue weighted by molar-refractivity contribution is -0.385. The summed E-state index contributed by atoms with van der Waals surface area (Å²) in [5.74, 6) is 0.798. The molecular formula is C16H22N4O2. The first kappa shape index (κ1) is 17.6. The highest BCUT2D eigenvalue weighted by Crippen LogP contribution is 2.14. The van der Waals surface area contributed by atoms with Crippen LogP contribution in [-0.2, 0) is 0 Å². The zero-order valence-electron chi connectivity index (χ0n) is 13.4. The molecule has 0 fully saturated rings. The van der Waals surface area contributed by atoms with E-state index in [2.05, 4.69) is 23.8 Å². The lowest BCUT2D eigenvalue weighted by Gasteiger charge is -2.02. The molecule has 2 aromatic heterocycles. The molecule has 0 atom stereocenters. The minimum atomic E-state index is -0.447. The average molecular weight is 302 g/mol. The summed E-state index contributed by atoms with van der Waals surface area (Å²) < 4.78 is 0. The fourth-order valence-electron chi connectivity index (χ4n) is 1.61. The number of aromatic nitrogens is 2. The van der Waals surface area contributed by atoms with Crippen molar-refractivity contribution in [3.05, 3.63) is 58.2 Å². The Morgan fingerprint density at radius 1 is 0.955 bits per heavy atom. The molecule has 2 rings (SSSR count). The molecule has 118 valence electrons. The Labute approximate surface area is 130 Å². The van der Waals surface area contributed by atoms with E-state index in [1.54, 1.807) is 12.3 Å². The van der Waals surface area contributed by atoms with Crippen LogP contribution in [0.25, 0.3) is 0 Å². The van der Waals surface area contributed by atoms with Crippen LogP contribution in [0.3, 0.4) is 0 Å². The van der Waals surface area contributed by atoms with Crippen molar-refractivity contribution >= 4 is 11.4 Å². The van der Waals surface area contributed by atoms with Crippen LogP contribution in [0.15, 0.2) is 36.7 Å². The molecule has 22 heavy (non-hydrogen) atoms. The van der Waals surface area contributed by atoms with Gasteiger partial charge in [0, 0.05) is 17.5 Å². The first-order chi connectivity index (χ1) is 10.3. The van der Waals surface area contributed by atoms with Crippen LogP contribution < -0.4 is 5.73 Å². The molecule has 0 saturated carbocycles. The molecule has 2 heterocycles. The molecule has 0 radical (unpaired) electrons. The van der Waals surface area contributed by atoms with E-state index in [1.807, 2.05) is 26.0 Å². The second kappa shape index (κ2) is 8.07. The molecule has 6 nitrogen and oxygen atoms in total. The number of pyridine rings is 2. The lowest BCUT2D eigenvalue weighted by Crippen LogP contribution is -1.94. The van der Waals surface area contributed by atoms with E-state index >= 15 is 0 Å². The number of nitrogens with two attached hydrogens (primary N) is 1. The van der Waals surface area contributed by atoms with Gasteiger partial charge in [-0.25, -0.2) is 0 Å². The number of hydrogen-bond acceptors (Lipinski definition) is 5. The Bertz CT molecular complexity index is 593. The van der Waals surface area contributed by atoms with Gasteiger partial charge >= 0.3 is 0 Å². The smallest absolute Gasteiger partial charge is 0.287 e. The average Bonchev–Trinajstić information content (AvgIpc) is 2.48. The summed E-state index contributed by atoms with van der Waals surface area (Å²) in [6.45, 7) is 8.21. The van der Waals surface area contributed by atoms with Crippen molar-refractivity contribution in [1.29, 1.82) is 0 Å². The molecule has 0 amide bonds. The van der Waals surface area contributed by atoms with Crippen molar-refractivity contribution in [2.45, 2.75) is 39.5 Å². The molecule has 0 spiro atoms. The summed E-state index contributed by atoms with van der Waals surface area (Å²) in [6, 6.07) is 6.99. The summed E-state index contributed by atoms with van der Waals surface area (Å²) in [5, 5.41) is 10.2. The van der Waals surface area contributed by atoms with Crippen LogP contribution in [0.4, 0.5) is 11.4 Å². The number of nitrogens with zero attached hydrogens (tertiary/aromatic N) is 3. The van der Waals surface area contributed by atoms with Crippen LogP contribution in [-0.4, -0.2) is 14.9 Å². The van der Waals surface area contributed by atoms with Gasteiger partial charge in [-0.3, -0.25) is 20.1 Å². The van der Waals surface area contributed by atoms with Crippen LogP contribution >= 0.6 is 0 Å². The van der Waals surface area contributed by atoms with E-state index in [-0.39, 0.29) is 5.69 Å². The quantitative estimate of drug-likeness (QED) is 0.685. The van der Waals surface area contributed by atoms with Crippen molar-refractivity contribution in [3.8, 4) is 0 Å². The molecular weight excluding hydrogens is 280 g/mol. The Morgan fingerprint density at radius 2 is 1.45 bits per heavy atom. The van der Waals surface area contributed by atoms with E-state index in [1.165, 1.54) is 12.3 Å². The first-order valence-corrected chi connectivity index (χ1v) is 7.13. The Balaban J connectivity index is 0.000000224. The third-order valence-electron chi connectivity index (χ3n) is 2.97. The monoisotopic (exact) mass is 302 g/mol. The van der Waals surface area contributed by atoms with Gasteiger partial charge in [-0.15, -0.1) is 0 Å². The second-order valence-corrected chi connectivity index (χ2v) is 5.52. The summed E-state index contributed by atoms with van der Waals surface area (Å²) in [6.07, 6.45) is 2.98. The topological polar surface area (TPSA) is 94.9 Å². The predicted molar refractivity (Wildman–Crippen MR) is 87.7 cm³/mol. The minimum absolute atomic E-state index is 0.0411. The normalized spacial score (nSPS) is 10.3. The third-order valence-corrected chi connectivity index (χ3v) is 2.97. The molecule has 2 N–H and O–H groups in total. The Morgan fingerprint density at radius 3 is 1.77 bits per heavy atom. The maximum atomic E-state index is 10.2. The van der Waals surface area contributed by atoms with Gasteiger partial charge in [-0.1, -0.05) is 27.7 Å². The molecule has 0 aliphatic heterocycles. The van der Waals surface area contributed by atoms with Crippen LogP contribution in [0, 0.1) is 10.1 Å². The summed E-state index contributed by atoms with van der Waals surface area (Å²) in [4.78, 5) is 17.9. The van der Waals surface area contributed by atoms with E-state index in [4.69, 9.17) is 5.73 Å². The number of hydrogen-bond donors (Lipinski definition) is 1.